The Kier molecular flexibility index (Phi) is 6.86. The molecular formula is C26H24ClN3O2S. The number of amides is 1. The number of halogens is 1. The highest BCUT2D eigenvalue weighted by Gasteiger charge is 2.16. The molecule has 1 aromatic heterocycles. The summed E-state index contributed by atoms with van der Waals surface area (Å²) < 4.78 is 1.52. The number of carbonyl (C=O) groups is 1. The van der Waals surface area contributed by atoms with Crippen LogP contribution < -0.4 is 10.9 Å². The lowest BCUT2D eigenvalue weighted by atomic mass is 10.0. The number of para-hydroxylation sites is 2. The Morgan fingerprint density at radius 1 is 1.09 bits per heavy atom. The topological polar surface area (TPSA) is 64.0 Å². The Morgan fingerprint density at radius 2 is 1.82 bits per heavy atom. The molecule has 4 rings (SSSR count). The number of benzene rings is 3. The third kappa shape index (κ3) is 4.97. The number of carbonyl (C=O) groups excluding carboxylic acids is 1. The molecule has 1 N–H and O–H groups in total. The molecule has 0 saturated heterocycles. The zero-order valence-electron chi connectivity index (χ0n) is 18.6. The molecular weight excluding hydrogens is 454 g/mol. The van der Waals surface area contributed by atoms with Crippen molar-refractivity contribution in [2.45, 2.75) is 31.8 Å². The standard InChI is InChI=1S/C26H24ClN3O2S/c1-16(2)19-8-4-6-10-22(19)28-24(31)15-33-26-29-23-11-7-5-9-20(23)25(32)30(26)18-13-12-17(3)21(27)14-18/h4-14,16H,15H2,1-3H3,(H,28,31). The van der Waals surface area contributed by atoms with Gasteiger partial charge in [-0.3, -0.25) is 14.2 Å². The second kappa shape index (κ2) is 9.81. The predicted octanol–water partition coefficient (Wildman–Crippen LogP) is 6.20. The van der Waals surface area contributed by atoms with Crippen LogP contribution in [0.1, 0.15) is 30.9 Å². The van der Waals surface area contributed by atoms with E-state index in [1.165, 1.54) is 16.3 Å². The van der Waals surface area contributed by atoms with Gasteiger partial charge in [-0.15, -0.1) is 0 Å². The Morgan fingerprint density at radius 3 is 2.58 bits per heavy atom. The number of aryl methyl sites for hydroxylation is 1. The molecule has 0 aliphatic heterocycles. The van der Waals surface area contributed by atoms with E-state index < -0.39 is 0 Å². The van der Waals surface area contributed by atoms with Crippen LogP contribution in [0.2, 0.25) is 5.02 Å². The van der Waals surface area contributed by atoms with Crippen molar-refractivity contribution in [3.63, 3.8) is 0 Å². The van der Waals surface area contributed by atoms with E-state index in [0.717, 1.165) is 16.8 Å². The highest BCUT2D eigenvalue weighted by molar-refractivity contribution is 7.99. The third-order valence-corrected chi connectivity index (χ3v) is 6.69. The molecule has 0 saturated carbocycles. The number of aromatic nitrogens is 2. The average molecular weight is 478 g/mol. The van der Waals surface area contributed by atoms with Gasteiger partial charge in [-0.25, -0.2) is 4.98 Å². The first-order valence-electron chi connectivity index (χ1n) is 10.6. The summed E-state index contributed by atoms with van der Waals surface area (Å²) in [7, 11) is 0. The fraction of sp³-hybridized carbons (Fsp3) is 0.192. The van der Waals surface area contributed by atoms with Crippen LogP contribution in [0.3, 0.4) is 0 Å². The van der Waals surface area contributed by atoms with Gasteiger partial charge >= 0.3 is 0 Å². The smallest absolute Gasteiger partial charge is 0.266 e. The number of fused-ring (bicyclic) bond motifs is 1. The van der Waals surface area contributed by atoms with Crippen molar-refractivity contribution in [2.75, 3.05) is 11.1 Å². The Bertz CT molecular complexity index is 1400. The number of rotatable bonds is 6. The molecule has 0 unspecified atom stereocenters. The van der Waals surface area contributed by atoms with Crippen molar-refractivity contribution < 1.29 is 4.79 Å². The quantitative estimate of drug-likeness (QED) is 0.265. The van der Waals surface area contributed by atoms with E-state index in [1.807, 2.05) is 55.5 Å². The van der Waals surface area contributed by atoms with Crippen LogP contribution in [0.5, 0.6) is 0 Å². The first-order valence-corrected chi connectivity index (χ1v) is 12.0. The van der Waals surface area contributed by atoms with Crippen LogP contribution in [-0.2, 0) is 4.79 Å². The number of hydrogen-bond acceptors (Lipinski definition) is 4. The fourth-order valence-electron chi connectivity index (χ4n) is 3.59. The minimum absolute atomic E-state index is 0.108. The van der Waals surface area contributed by atoms with Gasteiger partial charge in [0.1, 0.15) is 0 Å². The van der Waals surface area contributed by atoms with Crippen LogP contribution in [0, 0.1) is 6.92 Å². The van der Waals surface area contributed by atoms with Crippen LogP contribution in [0.4, 0.5) is 5.69 Å². The van der Waals surface area contributed by atoms with E-state index in [1.54, 1.807) is 18.2 Å². The molecule has 1 heterocycles. The average Bonchev–Trinajstić information content (AvgIpc) is 2.80. The maximum atomic E-state index is 13.4. The lowest BCUT2D eigenvalue weighted by Crippen LogP contribution is -2.23. The van der Waals surface area contributed by atoms with E-state index >= 15 is 0 Å². The normalized spacial score (nSPS) is 11.2. The van der Waals surface area contributed by atoms with Gasteiger partial charge in [-0.2, -0.15) is 0 Å². The molecule has 0 atom stereocenters. The third-order valence-electron chi connectivity index (χ3n) is 5.35. The van der Waals surface area contributed by atoms with Crippen molar-refractivity contribution in [2.24, 2.45) is 0 Å². The summed E-state index contributed by atoms with van der Waals surface area (Å²) in [6.45, 7) is 6.08. The van der Waals surface area contributed by atoms with Gasteiger partial charge in [-0.1, -0.05) is 73.6 Å². The highest BCUT2D eigenvalue weighted by Crippen LogP contribution is 2.26. The number of anilines is 1. The number of nitrogens with one attached hydrogen (secondary N) is 1. The zero-order valence-corrected chi connectivity index (χ0v) is 20.2. The predicted molar refractivity (Wildman–Crippen MR) is 137 cm³/mol. The summed E-state index contributed by atoms with van der Waals surface area (Å²) in [5, 5.41) is 4.50. The zero-order chi connectivity index (χ0) is 23.5. The minimum Gasteiger partial charge on any atom is -0.325 e. The van der Waals surface area contributed by atoms with Gasteiger partial charge in [0.05, 0.1) is 22.3 Å². The van der Waals surface area contributed by atoms with Gasteiger partial charge in [-0.05, 0) is 54.3 Å². The Hall–Kier alpha value is -3.09. The largest absolute Gasteiger partial charge is 0.325 e. The Labute approximate surface area is 201 Å². The van der Waals surface area contributed by atoms with E-state index in [4.69, 9.17) is 16.6 Å². The van der Waals surface area contributed by atoms with E-state index in [0.29, 0.717) is 26.8 Å². The summed E-state index contributed by atoms with van der Waals surface area (Å²) in [5.41, 5.74) is 3.79. The summed E-state index contributed by atoms with van der Waals surface area (Å²) in [6, 6.07) is 20.4. The van der Waals surface area contributed by atoms with E-state index in [9.17, 15) is 9.59 Å². The molecule has 5 nitrogen and oxygen atoms in total. The summed E-state index contributed by atoms with van der Waals surface area (Å²) >= 11 is 7.56. The highest BCUT2D eigenvalue weighted by atomic mass is 35.5. The first-order chi connectivity index (χ1) is 15.8. The van der Waals surface area contributed by atoms with Crippen LogP contribution in [0.25, 0.3) is 16.6 Å². The fourth-order valence-corrected chi connectivity index (χ4v) is 4.58. The van der Waals surface area contributed by atoms with Crippen LogP contribution in [0.15, 0.2) is 76.7 Å². The monoisotopic (exact) mass is 477 g/mol. The van der Waals surface area contributed by atoms with Gasteiger partial charge in [0.25, 0.3) is 5.56 Å². The second-order valence-electron chi connectivity index (χ2n) is 8.06. The lowest BCUT2D eigenvalue weighted by molar-refractivity contribution is -0.113. The molecule has 3 aromatic carbocycles. The van der Waals surface area contributed by atoms with Crippen molar-refractivity contribution in [1.29, 1.82) is 0 Å². The van der Waals surface area contributed by atoms with E-state index in [2.05, 4.69) is 19.2 Å². The molecule has 0 aliphatic carbocycles. The SMILES string of the molecule is Cc1ccc(-n2c(SCC(=O)Nc3ccccc3C(C)C)nc3ccccc3c2=O)cc1Cl. The van der Waals surface area contributed by atoms with Gasteiger partial charge in [0.2, 0.25) is 5.91 Å². The molecule has 7 heteroatoms. The maximum absolute atomic E-state index is 13.4. The van der Waals surface area contributed by atoms with Crippen molar-refractivity contribution in [3.8, 4) is 5.69 Å². The molecule has 1 amide bonds. The molecule has 0 fully saturated rings. The number of nitrogens with zero attached hydrogens (tertiary/aromatic N) is 2. The summed E-state index contributed by atoms with van der Waals surface area (Å²) in [4.78, 5) is 30.8. The molecule has 4 aromatic rings. The van der Waals surface area contributed by atoms with Crippen LogP contribution in [-0.4, -0.2) is 21.2 Å². The van der Waals surface area contributed by atoms with Gasteiger partial charge in [0.15, 0.2) is 5.16 Å². The van der Waals surface area contributed by atoms with Crippen molar-refractivity contribution in [1.82, 2.24) is 9.55 Å². The molecule has 0 bridgehead atoms. The first kappa shape index (κ1) is 23.1. The number of hydrogen-bond donors (Lipinski definition) is 1. The van der Waals surface area contributed by atoms with E-state index in [-0.39, 0.29) is 23.1 Å². The van der Waals surface area contributed by atoms with Gasteiger partial charge < -0.3 is 5.32 Å². The lowest BCUT2D eigenvalue weighted by Gasteiger charge is -2.15. The van der Waals surface area contributed by atoms with Crippen molar-refractivity contribution in [3.05, 3.63) is 93.2 Å². The Balaban J connectivity index is 1.68. The van der Waals surface area contributed by atoms with Gasteiger partial charge in [0, 0.05) is 10.7 Å². The molecule has 33 heavy (non-hydrogen) atoms. The second-order valence-corrected chi connectivity index (χ2v) is 9.41. The molecule has 0 radical (unpaired) electrons. The molecule has 0 aliphatic rings. The van der Waals surface area contributed by atoms with Crippen molar-refractivity contribution >= 4 is 45.9 Å². The molecule has 0 spiro atoms. The number of thioether (sulfide) groups is 1. The molecule has 168 valence electrons. The minimum atomic E-state index is -0.200. The summed E-state index contributed by atoms with van der Waals surface area (Å²) in [5.74, 6) is 0.230. The van der Waals surface area contributed by atoms with Crippen LogP contribution >= 0.6 is 23.4 Å². The summed E-state index contributed by atoms with van der Waals surface area (Å²) in [6.07, 6.45) is 0. The maximum Gasteiger partial charge on any atom is 0.266 e.